The van der Waals surface area contributed by atoms with E-state index in [0.717, 1.165) is 17.8 Å². The second-order valence-electron chi connectivity index (χ2n) is 4.79. The van der Waals surface area contributed by atoms with Gasteiger partial charge in [0.15, 0.2) is 0 Å². The van der Waals surface area contributed by atoms with Crippen LogP contribution in [-0.2, 0) is 17.8 Å². The maximum Gasteiger partial charge on any atom is 0.222 e. The third kappa shape index (κ3) is 4.91. The molecule has 2 rings (SSSR count). The van der Waals surface area contributed by atoms with Gasteiger partial charge in [-0.05, 0) is 30.2 Å². The molecule has 1 heterocycles. The van der Waals surface area contributed by atoms with Crippen LogP contribution in [-0.4, -0.2) is 17.4 Å². The van der Waals surface area contributed by atoms with Gasteiger partial charge in [0, 0.05) is 24.8 Å². The molecule has 4 nitrogen and oxygen atoms in total. The number of aromatic nitrogens is 1. The molecular weight excluding hydrogens is 262 g/mol. The number of hydrogen-bond donors (Lipinski definition) is 2. The molecule has 2 aromatic rings. The molecule has 21 heavy (non-hydrogen) atoms. The van der Waals surface area contributed by atoms with Crippen LogP contribution in [0.3, 0.4) is 0 Å². The molecular formula is C17H21N3O. The molecule has 2 N–H and O–H groups in total. The molecule has 4 heteroatoms. The molecule has 1 aromatic carbocycles. The summed E-state index contributed by atoms with van der Waals surface area (Å²) in [5, 5.41) is 6.19. The molecule has 0 aliphatic rings. The summed E-state index contributed by atoms with van der Waals surface area (Å²) in [7, 11) is 0. The minimum Gasteiger partial charge on any atom is -0.384 e. The number of hydrogen-bond acceptors (Lipinski definition) is 3. The predicted molar refractivity (Wildman–Crippen MR) is 85.0 cm³/mol. The van der Waals surface area contributed by atoms with Crippen LogP contribution in [0, 0.1) is 0 Å². The van der Waals surface area contributed by atoms with Gasteiger partial charge in [-0.15, -0.1) is 0 Å². The van der Waals surface area contributed by atoms with Gasteiger partial charge in [0.2, 0.25) is 5.91 Å². The Hall–Kier alpha value is -2.36. The number of anilines is 1. The fraction of sp³-hybridized carbons (Fsp3) is 0.294. The van der Waals surface area contributed by atoms with Crippen LogP contribution in [0.2, 0.25) is 0 Å². The van der Waals surface area contributed by atoms with Gasteiger partial charge in [0.05, 0.1) is 12.2 Å². The average molecular weight is 283 g/mol. The van der Waals surface area contributed by atoms with Crippen molar-refractivity contribution in [1.82, 2.24) is 10.3 Å². The van der Waals surface area contributed by atoms with E-state index in [2.05, 4.69) is 28.6 Å². The second kappa shape index (κ2) is 8.04. The molecule has 0 fully saturated rings. The average Bonchev–Trinajstić information content (AvgIpc) is 2.54. The van der Waals surface area contributed by atoms with Crippen molar-refractivity contribution in [3.63, 3.8) is 0 Å². The summed E-state index contributed by atoms with van der Waals surface area (Å²) in [5.41, 5.74) is 3.25. The maximum atomic E-state index is 11.8. The Morgan fingerprint density at radius 3 is 2.71 bits per heavy atom. The molecule has 0 unspecified atom stereocenters. The second-order valence-corrected chi connectivity index (χ2v) is 4.79. The monoisotopic (exact) mass is 283 g/mol. The van der Waals surface area contributed by atoms with Crippen LogP contribution >= 0.6 is 0 Å². The van der Waals surface area contributed by atoms with Gasteiger partial charge in [-0.3, -0.25) is 9.78 Å². The molecule has 110 valence electrons. The lowest BCUT2D eigenvalue weighted by Gasteiger charge is -2.10. The van der Waals surface area contributed by atoms with Crippen LogP contribution in [0.4, 0.5) is 5.69 Å². The standard InChI is InChI=1S/C17H21N3O/c1-2-14-7-3-4-9-16(14)19-12-10-17(21)20-13-15-8-5-6-11-18-15/h3-9,11,19H,2,10,12-13H2,1H3,(H,20,21). The van der Waals surface area contributed by atoms with Crippen molar-refractivity contribution in [3.8, 4) is 0 Å². The Labute approximate surface area is 125 Å². The zero-order valence-corrected chi connectivity index (χ0v) is 12.3. The van der Waals surface area contributed by atoms with Crippen LogP contribution in [0.15, 0.2) is 48.7 Å². The third-order valence-corrected chi connectivity index (χ3v) is 3.26. The molecule has 0 spiro atoms. The minimum absolute atomic E-state index is 0.0298. The number of nitrogens with zero attached hydrogens (tertiary/aromatic N) is 1. The van der Waals surface area contributed by atoms with E-state index in [9.17, 15) is 4.79 Å². The third-order valence-electron chi connectivity index (χ3n) is 3.26. The minimum atomic E-state index is 0.0298. The van der Waals surface area contributed by atoms with E-state index < -0.39 is 0 Å². The lowest BCUT2D eigenvalue weighted by molar-refractivity contribution is -0.121. The van der Waals surface area contributed by atoms with Gasteiger partial charge < -0.3 is 10.6 Å². The molecule has 0 saturated heterocycles. The van der Waals surface area contributed by atoms with E-state index in [0.29, 0.717) is 19.5 Å². The zero-order chi connectivity index (χ0) is 14.9. The largest absolute Gasteiger partial charge is 0.384 e. The summed E-state index contributed by atoms with van der Waals surface area (Å²) in [4.78, 5) is 16.0. The van der Waals surface area contributed by atoms with E-state index in [1.807, 2.05) is 36.4 Å². The van der Waals surface area contributed by atoms with Crippen molar-refractivity contribution >= 4 is 11.6 Å². The number of para-hydroxylation sites is 1. The summed E-state index contributed by atoms with van der Waals surface area (Å²) < 4.78 is 0. The maximum absolute atomic E-state index is 11.8. The summed E-state index contributed by atoms with van der Waals surface area (Å²) in [6.07, 6.45) is 3.16. The van der Waals surface area contributed by atoms with Crippen LogP contribution in [0.25, 0.3) is 0 Å². The molecule has 0 radical (unpaired) electrons. The topological polar surface area (TPSA) is 54.0 Å². The van der Waals surface area contributed by atoms with E-state index in [-0.39, 0.29) is 5.91 Å². The first-order valence-corrected chi connectivity index (χ1v) is 7.28. The Morgan fingerprint density at radius 1 is 1.14 bits per heavy atom. The normalized spacial score (nSPS) is 10.1. The molecule has 0 aliphatic heterocycles. The predicted octanol–water partition coefficient (Wildman–Crippen LogP) is 2.76. The van der Waals surface area contributed by atoms with E-state index in [1.165, 1.54) is 5.56 Å². The Balaban J connectivity index is 1.72. The highest BCUT2D eigenvalue weighted by Gasteiger charge is 2.03. The summed E-state index contributed by atoms with van der Waals surface area (Å²) in [6, 6.07) is 13.9. The van der Waals surface area contributed by atoms with Gasteiger partial charge in [0.25, 0.3) is 0 Å². The highest BCUT2D eigenvalue weighted by atomic mass is 16.1. The number of aryl methyl sites for hydroxylation is 1. The van der Waals surface area contributed by atoms with Crippen molar-refractivity contribution in [2.45, 2.75) is 26.3 Å². The smallest absolute Gasteiger partial charge is 0.222 e. The molecule has 0 bridgehead atoms. The van der Waals surface area contributed by atoms with Gasteiger partial charge in [-0.25, -0.2) is 0 Å². The van der Waals surface area contributed by atoms with E-state index >= 15 is 0 Å². The molecule has 0 saturated carbocycles. The van der Waals surface area contributed by atoms with Crippen molar-refractivity contribution in [2.24, 2.45) is 0 Å². The van der Waals surface area contributed by atoms with Crippen molar-refractivity contribution < 1.29 is 4.79 Å². The van der Waals surface area contributed by atoms with Crippen LogP contribution in [0.5, 0.6) is 0 Å². The Bertz CT molecular complexity index is 569. The molecule has 1 aromatic heterocycles. The van der Waals surface area contributed by atoms with Crippen molar-refractivity contribution in [3.05, 3.63) is 59.9 Å². The first kappa shape index (κ1) is 15.0. The fourth-order valence-electron chi connectivity index (χ4n) is 2.09. The lowest BCUT2D eigenvalue weighted by Crippen LogP contribution is -2.25. The summed E-state index contributed by atoms with van der Waals surface area (Å²) >= 11 is 0. The SMILES string of the molecule is CCc1ccccc1NCCC(=O)NCc1ccccn1. The van der Waals surface area contributed by atoms with Gasteiger partial charge in [-0.1, -0.05) is 31.2 Å². The lowest BCUT2D eigenvalue weighted by atomic mass is 10.1. The van der Waals surface area contributed by atoms with Crippen molar-refractivity contribution in [1.29, 1.82) is 0 Å². The number of amides is 1. The number of benzene rings is 1. The first-order valence-electron chi connectivity index (χ1n) is 7.28. The summed E-state index contributed by atoms with van der Waals surface area (Å²) in [6.45, 7) is 3.23. The van der Waals surface area contributed by atoms with Gasteiger partial charge in [0.1, 0.15) is 0 Å². The zero-order valence-electron chi connectivity index (χ0n) is 12.3. The number of pyridine rings is 1. The van der Waals surface area contributed by atoms with Crippen LogP contribution in [0.1, 0.15) is 24.6 Å². The van der Waals surface area contributed by atoms with Gasteiger partial charge >= 0.3 is 0 Å². The summed E-state index contributed by atoms with van der Waals surface area (Å²) in [5.74, 6) is 0.0298. The fourth-order valence-corrected chi connectivity index (χ4v) is 2.09. The van der Waals surface area contributed by atoms with E-state index in [4.69, 9.17) is 0 Å². The van der Waals surface area contributed by atoms with E-state index in [1.54, 1.807) is 6.20 Å². The van der Waals surface area contributed by atoms with Crippen molar-refractivity contribution in [2.75, 3.05) is 11.9 Å². The van der Waals surface area contributed by atoms with Crippen LogP contribution < -0.4 is 10.6 Å². The number of carbonyl (C=O) groups is 1. The highest BCUT2D eigenvalue weighted by Crippen LogP contribution is 2.14. The molecule has 0 atom stereocenters. The number of nitrogens with one attached hydrogen (secondary N) is 2. The molecule has 0 aliphatic carbocycles. The number of rotatable bonds is 7. The number of carbonyl (C=O) groups excluding carboxylic acids is 1. The molecule has 1 amide bonds. The Morgan fingerprint density at radius 2 is 1.95 bits per heavy atom. The Kier molecular flexibility index (Phi) is 5.76. The quantitative estimate of drug-likeness (QED) is 0.821. The first-order chi connectivity index (χ1) is 10.3. The van der Waals surface area contributed by atoms with Gasteiger partial charge in [-0.2, -0.15) is 0 Å². The highest BCUT2D eigenvalue weighted by molar-refractivity contribution is 5.76.